The molecule has 26 heavy (non-hydrogen) atoms. The third kappa shape index (κ3) is 6.67. The van der Waals surface area contributed by atoms with Gasteiger partial charge in [-0.25, -0.2) is 0 Å². The Morgan fingerprint density at radius 3 is 2.23 bits per heavy atom. The summed E-state index contributed by atoms with van der Waals surface area (Å²) in [6, 6.07) is 17.0. The van der Waals surface area contributed by atoms with Crippen molar-refractivity contribution in [1.29, 1.82) is 0 Å². The number of hydrogen-bond donors (Lipinski definition) is 2. The molecule has 0 aliphatic rings. The number of ether oxygens (including phenoxy) is 1. The topological polar surface area (TPSA) is 62.2 Å². The van der Waals surface area contributed by atoms with Crippen LogP contribution in [0.25, 0.3) is 0 Å². The van der Waals surface area contributed by atoms with Gasteiger partial charge in [-0.1, -0.05) is 50.2 Å². The normalized spacial score (nSPS) is 13.7. The van der Waals surface area contributed by atoms with E-state index in [1.165, 1.54) is 0 Å². The number of aliphatic hydroxyl groups is 2. The third-order valence-electron chi connectivity index (χ3n) is 3.97. The van der Waals surface area contributed by atoms with Gasteiger partial charge >= 0.3 is 0 Å². The number of rotatable bonds is 10. The predicted octanol–water partition coefficient (Wildman–Crippen LogP) is 2.91. The molecule has 0 fully saturated rings. The Morgan fingerprint density at radius 1 is 0.885 bits per heavy atom. The summed E-state index contributed by atoms with van der Waals surface area (Å²) in [6.07, 6.45) is -1.38. The number of methoxy groups -OCH3 is 1. The molecule has 0 bridgehead atoms. The molecule has 2 unspecified atom stereocenters. The lowest BCUT2D eigenvalue weighted by Crippen LogP contribution is -2.43. The molecule has 2 atom stereocenters. The van der Waals surface area contributed by atoms with Gasteiger partial charge in [-0.3, -0.25) is 0 Å². The molecule has 0 heterocycles. The monoisotopic (exact) mass is 359 g/mol. The van der Waals surface area contributed by atoms with Gasteiger partial charge in [0.1, 0.15) is 5.75 Å². The molecule has 2 rings (SSSR count). The van der Waals surface area contributed by atoms with E-state index in [9.17, 15) is 10.2 Å². The number of aliphatic hydroxyl groups excluding tert-OH is 2. The quantitative estimate of drug-likeness (QED) is 0.639. The highest BCUT2D eigenvalue weighted by atomic mass is 16.7. The molecule has 0 aromatic heterocycles. The zero-order valence-electron chi connectivity index (χ0n) is 15.7. The lowest BCUT2D eigenvalue weighted by atomic mass is 10.0. The van der Waals surface area contributed by atoms with Crippen LogP contribution in [0.5, 0.6) is 11.5 Å². The van der Waals surface area contributed by atoms with Gasteiger partial charge in [0.25, 0.3) is 0 Å². The standard InChI is InChI=1S/C21H29NO4/c1-16(2)14-22(26-19-11-7-10-18(13-19)25-3)15-21(24)20(23)12-17-8-5-4-6-9-17/h4-11,13,16,20-21,23-24H,12,14-15H2,1-3H3. The summed E-state index contributed by atoms with van der Waals surface area (Å²) in [4.78, 5) is 5.92. The van der Waals surface area contributed by atoms with E-state index < -0.39 is 12.2 Å². The van der Waals surface area contributed by atoms with Gasteiger partial charge in [0.05, 0.1) is 25.9 Å². The number of benzene rings is 2. The second-order valence-corrected chi connectivity index (χ2v) is 6.84. The molecule has 2 aromatic carbocycles. The highest BCUT2D eigenvalue weighted by Crippen LogP contribution is 2.20. The maximum absolute atomic E-state index is 10.4. The van der Waals surface area contributed by atoms with Crippen LogP contribution in [0.3, 0.4) is 0 Å². The van der Waals surface area contributed by atoms with Crippen LogP contribution in [-0.4, -0.2) is 47.7 Å². The van der Waals surface area contributed by atoms with Crippen LogP contribution in [0.15, 0.2) is 54.6 Å². The van der Waals surface area contributed by atoms with Crippen molar-refractivity contribution in [2.45, 2.75) is 32.5 Å². The van der Waals surface area contributed by atoms with Crippen LogP contribution >= 0.6 is 0 Å². The van der Waals surface area contributed by atoms with Gasteiger partial charge in [0, 0.05) is 19.0 Å². The van der Waals surface area contributed by atoms with E-state index in [2.05, 4.69) is 13.8 Å². The Hall–Kier alpha value is -2.08. The summed E-state index contributed by atoms with van der Waals surface area (Å²) in [7, 11) is 1.61. The fraction of sp³-hybridized carbons (Fsp3) is 0.429. The van der Waals surface area contributed by atoms with E-state index in [-0.39, 0.29) is 6.54 Å². The molecule has 0 aliphatic carbocycles. The molecule has 2 N–H and O–H groups in total. The van der Waals surface area contributed by atoms with E-state index in [1.807, 2.05) is 48.5 Å². The second kappa shape index (κ2) is 10.2. The minimum absolute atomic E-state index is 0.212. The summed E-state index contributed by atoms with van der Waals surface area (Å²) in [6.45, 7) is 5.00. The Labute approximate surface area is 155 Å². The van der Waals surface area contributed by atoms with Crippen molar-refractivity contribution in [2.24, 2.45) is 5.92 Å². The Bertz CT molecular complexity index is 647. The van der Waals surface area contributed by atoms with Gasteiger partial charge in [-0.05, 0) is 23.6 Å². The largest absolute Gasteiger partial charge is 0.497 e. The van der Waals surface area contributed by atoms with Crippen LogP contribution in [-0.2, 0) is 6.42 Å². The minimum Gasteiger partial charge on any atom is -0.497 e. The van der Waals surface area contributed by atoms with E-state index in [4.69, 9.17) is 9.57 Å². The van der Waals surface area contributed by atoms with Crippen molar-refractivity contribution in [1.82, 2.24) is 5.06 Å². The Morgan fingerprint density at radius 2 is 1.58 bits per heavy atom. The molecule has 0 spiro atoms. The number of nitrogens with zero attached hydrogens (tertiary/aromatic N) is 1. The summed E-state index contributed by atoms with van der Waals surface area (Å²) in [5, 5.41) is 22.5. The SMILES string of the molecule is COc1cccc(ON(CC(C)C)CC(O)C(O)Cc2ccccc2)c1. The number of hydroxylamine groups is 2. The summed E-state index contributed by atoms with van der Waals surface area (Å²) < 4.78 is 5.22. The Kier molecular flexibility index (Phi) is 7.91. The van der Waals surface area contributed by atoms with Crippen molar-refractivity contribution in [2.75, 3.05) is 20.2 Å². The van der Waals surface area contributed by atoms with Gasteiger partial charge < -0.3 is 19.8 Å². The van der Waals surface area contributed by atoms with Crippen LogP contribution in [0.4, 0.5) is 0 Å². The van der Waals surface area contributed by atoms with Gasteiger partial charge in [0.2, 0.25) is 0 Å². The molecular formula is C21H29NO4. The van der Waals surface area contributed by atoms with E-state index in [0.29, 0.717) is 30.4 Å². The highest BCUT2D eigenvalue weighted by Gasteiger charge is 2.22. The van der Waals surface area contributed by atoms with Crippen LogP contribution in [0.2, 0.25) is 0 Å². The molecule has 2 aromatic rings. The first-order valence-corrected chi connectivity index (χ1v) is 8.95. The molecule has 0 saturated carbocycles. The summed E-state index contributed by atoms with van der Waals surface area (Å²) in [5.41, 5.74) is 0.989. The van der Waals surface area contributed by atoms with Crippen LogP contribution < -0.4 is 9.57 Å². The average Bonchev–Trinajstić information content (AvgIpc) is 2.62. The maximum Gasteiger partial charge on any atom is 0.151 e. The van der Waals surface area contributed by atoms with Crippen molar-refractivity contribution >= 4 is 0 Å². The molecule has 5 heteroatoms. The zero-order chi connectivity index (χ0) is 18.9. The molecular weight excluding hydrogens is 330 g/mol. The first kappa shape index (κ1) is 20.2. The first-order valence-electron chi connectivity index (χ1n) is 8.95. The van der Waals surface area contributed by atoms with Crippen molar-refractivity contribution in [3.63, 3.8) is 0 Å². The minimum atomic E-state index is -0.917. The van der Waals surface area contributed by atoms with E-state index in [0.717, 1.165) is 5.56 Å². The van der Waals surface area contributed by atoms with Gasteiger partial charge in [-0.15, -0.1) is 5.06 Å². The van der Waals surface area contributed by atoms with Crippen LogP contribution in [0.1, 0.15) is 19.4 Å². The summed E-state index contributed by atoms with van der Waals surface area (Å²) >= 11 is 0. The lowest BCUT2D eigenvalue weighted by molar-refractivity contribution is -0.111. The smallest absolute Gasteiger partial charge is 0.151 e. The van der Waals surface area contributed by atoms with Gasteiger partial charge in [0.15, 0.2) is 5.75 Å². The second-order valence-electron chi connectivity index (χ2n) is 6.84. The molecule has 0 aliphatic heterocycles. The lowest BCUT2D eigenvalue weighted by Gasteiger charge is -2.28. The fourth-order valence-corrected chi connectivity index (χ4v) is 2.69. The fourth-order valence-electron chi connectivity index (χ4n) is 2.69. The molecule has 0 saturated heterocycles. The Balaban J connectivity index is 1.99. The molecule has 0 radical (unpaired) electrons. The van der Waals surface area contributed by atoms with Crippen molar-refractivity contribution in [3.8, 4) is 11.5 Å². The van der Waals surface area contributed by atoms with Crippen molar-refractivity contribution in [3.05, 3.63) is 60.2 Å². The van der Waals surface area contributed by atoms with E-state index in [1.54, 1.807) is 18.2 Å². The number of hydrogen-bond acceptors (Lipinski definition) is 5. The first-order chi connectivity index (χ1) is 12.5. The highest BCUT2D eigenvalue weighted by molar-refractivity contribution is 5.32. The van der Waals surface area contributed by atoms with Crippen LogP contribution in [0, 0.1) is 5.92 Å². The molecule has 0 amide bonds. The maximum atomic E-state index is 10.4. The molecule has 142 valence electrons. The molecule has 5 nitrogen and oxygen atoms in total. The third-order valence-corrected chi connectivity index (χ3v) is 3.97. The summed E-state index contributed by atoms with van der Waals surface area (Å²) in [5.74, 6) is 1.69. The van der Waals surface area contributed by atoms with Gasteiger partial charge in [-0.2, -0.15) is 0 Å². The van der Waals surface area contributed by atoms with Crippen molar-refractivity contribution < 1.29 is 19.8 Å². The average molecular weight is 359 g/mol. The zero-order valence-corrected chi connectivity index (χ0v) is 15.7. The predicted molar refractivity (Wildman–Crippen MR) is 102 cm³/mol. The van der Waals surface area contributed by atoms with E-state index >= 15 is 0 Å².